The van der Waals surface area contributed by atoms with Crippen molar-refractivity contribution >= 4 is 0 Å². The topological polar surface area (TPSA) is 75.2 Å². The maximum absolute atomic E-state index is 12.1. The van der Waals surface area contributed by atoms with Crippen LogP contribution in [0.1, 0.15) is 49.4 Å². The number of benzene rings is 1. The summed E-state index contributed by atoms with van der Waals surface area (Å²) in [6.07, 6.45) is 5.52. The van der Waals surface area contributed by atoms with Crippen molar-refractivity contribution in [3.63, 3.8) is 0 Å². The van der Waals surface area contributed by atoms with Gasteiger partial charge < -0.3 is 14.8 Å². The van der Waals surface area contributed by atoms with Gasteiger partial charge in [0, 0.05) is 5.92 Å². The van der Waals surface area contributed by atoms with Gasteiger partial charge in [0.1, 0.15) is 12.4 Å². The Morgan fingerprint density at radius 2 is 1.91 bits per heavy atom. The molecule has 0 radical (unpaired) electrons. The van der Waals surface area contributed by atoms with Crippen molar-refractivity contribution in [1.82, 2.24) is 9.97 Å². The van der Waals surface area contributed by atoms with Gasteiger partial charge in [-0.3, -0.25) is 4.79 Å². The summed E-state index contributed by atoms with van der Waals surface area (Å²) in [5.41, 5.74) is 0.515. The molecule has 2 aromatic rings. The predicted molar refractivity (Wildman–Crippen MR) is 83.1 cm³/mol. The molecule has 0 amide bonds. The van der Waals surface area contributed by atoms with Crippen molar-refractivity contribution in [2.45, 2.75) is 44.6 Å². The molecule has 1 heterocycles. The monoisotopic (exact) mass is 300 g/mol. The van der Waals surface area contributed by atoms with Crippen molar-refractivity contribution in [3.05, 3.63) is 52.1 Å². The Labute approximate surface area is 129 Å². The Morgan fingerprint density at radius 1 is 1.18 bits per heavy atom. The van der Waals surface area contributed by atoms with Crippen molar-refractivity contribution in [2.24, 2.45) is 0 Å². The molecule has 0 atom stereocenters. The van der Waals surface area contributed by atoms with Gasteiger partial charge in [-0.25, -0.2) is 0 Å². The summed E-state index contributed by atoms with van der Waals surface area (Å²) in [5.74, 6) is 0.383. The third-order valence-corrected chi connectivity index (χ3v) is 4.10. The van der Waals surface area contributed by atoms with Gasteiger partial charge in [0.05, 0.1) is 0 Å². The van der Waals surface area contributed by atoms with E-state index in [9.17, 15) is 9.90 Å². The van der Waals surface area contributed by atoms with Gasteiger partial charge in [0.25, 0.3) is 11.4 Å². The van der Waals surface area contributed by atoms with Crippen LogP contribution in [-0.4, -0.2) is 15.1 Å². The Morgan fingerprint density at radius 3 is 2.59 bits per heavy atom. The Hall–Kier alpha value is -2.30. The second-order valence-corrected chi connectivity index (χ2v) is 5.71. The maximum atomic E-state index is 12.1. The lowest BCUT2D eigenvalue weighted by atomic mass is 9.89. The van der Waals surface area contributed by atoms with Gasteiger partial charge >= 0.3 is 0 Å². The standard InChI is InChI=1S/C17H20N2O3/c20-16-14(22-11-12-7-3-1-4-8-12)17(21)19-15(18-16)13-9-5-2-6-10-13/h1,3-4,7-8,13H,2,5-6,9-11H2,(H2,18,19,20,21). The number of aromatic amines is 1. The molecule has 0 unspecified atom stereocenters. The summed E-state index contributed by atoms with van der Waals surface area (Å²) in [7, 11) is 0. The molecule has 1 aliphatic rings. The molecule has 1 aliphatic carbocycles. The number of aromatic nitrogens is 2. The highest BCUT2D eigenvalue weighted by molar-refractivity contribution is 5.30. The summed E-state index contributed by atoms with van der Waals surface area (Å²) >= 11 is 0. The molecule has 0 bridgehead atoms. The fraction of sp³-hybridized carbons (Fsp3) is 0.412. The second-order valence-electron chi connectivity index (χ2n) is 5.71. The van der Waals surface area contributed by atoms with E-state index in [1.54, 1.807) is 0 Å². The highest BCUT2D eigenvalue weighted by atomic mass is 16.5. The molecule has 0 spiro atoms. The Kier molecular flexibility index (Phi) is 4.42. The van der Waals surface area contributed by atoms with Gasteiger partial charge in [-0.15, -0.1) is 0 Å². The second kappa shape index (κ2) is 6.64. The molecular formula is C17H20N2O3. The average molecular weight is 300 g/mol. The van der Waals surface area contributed by atoms with E-state index in [4.69, 9.17) is 4.74 Å². The number of ether oxygens (including phenoxy) is 1. The first kappa shape index (κ1) is 14.6. The molecular weight excluding hydrogens is 280 g/mol. The fourth-order valence-electron chi connectivity index (χ4n) is 2.90. The molecule has 116 valence electrons. The van der Waals surface area contributed by atoms with Crippen molar-refractivity contribution in [1.29, 1.82) is 0 Å². The van der Waals surface area contributed by atoms with Crippen LogP contribution in [0.5, 0.6) is 11.6 Å². The Bertz CT molecular complexity index is 676. The van der Waals surface area contributed by atoms with Gasteiger partial charge in [0.2, 0.25) is 5.75 Å². The summed E-state index contributed by atoms with van der Waals surface area (Å²) in [4.78, 5) is 19.1. The lowest BCUT2D eigenvalue weighted by Gasteiger charge is -2.20. The van der Waals surface area contributed by atoms with E-state index in [0.717, 1.165) is 31.2 Å². The first-order valence-electron chi connectivity index (χ1n) is 7.74. The first-order valence-corrected chi connectivity index (χ1v) is 7.74. The lowest BCUT2D eigenvalue weighted by molar-refractivity contribution is 0.277. The molecule has 1 saturated carbocycles. The maximum Gasteiger partial charge on any atom is 0.297 e. The molecule has 1 aromatic heterocycles. The zero-order valence-corrected chi connectivity index (χ0v) is 12.4. The molecule has 0 saturated heterocycles. The number of rotatable bonds is 4. The fourth-order valence-corrected chi connectivity index (χ4v) is 2.90. The normalized spacial score (nSPS) is 15.6. The summed E-state index contributed by atoms with van der Waals surface area (Å²) in [6, 6.07) is 9.50. The Balaban J connectivity index is 1.76. The highest BCUT2D eigenvalue weighted by Gasteiger charge is 2.21. The quantitative estimate of drug-likeness (QED) is 0.909. The van der Waals surface area contributed by atoms with Crippen molar-refractivity contribution in [3.8, 4) is 11.6 Å². The van der Waals surface area contributed by atoms with Crippen LogP contribution in [0.3, 0.4) is 0 Å². The largest absolute Gasteiger partial charge is 0.490 e. The minimum Gasteiger partial charge on any atom is -0.490 e. The van der Waals surface area contributed by atoms with E-state index in [0.29, 0.717) is 5.82 Å². The van der Waals surface area contributed by atoms with E-state index >= 15 is 0 Å². The molecule has 1 fully saturated rings. The molecule has 5 nitrogen and oxygen atoms in total. The van der Waals surface area contributed by atoms with Crippen LogP contribution in [0.2, 0.25) is 0 Å². The van der Waals surface area contributed by atoms with Crippen LogP contribution < -0.4 is 10.3 Å². The van der Waals surface area contributed by atoms with E-state index in [2.05, 4.69) is 9.97 Å². The van der Waals surface area contributed by atoms with Gasteiger partial charge in [-0.05, 0) is 18.4 Å². The smallest absolute Gasteiger partial charge is 0.297 e. The van der Waals surface area contributed by atoms with Crippen LogP contribution in [0.4, 0.5) is 0 Å². The minimum atomic E-state index is -0.413. The lowest BCUT2D eigenvalue weighted by Crippen LogP contribution is -2.18. The summed E-state index contributed by atoms with van der Waals surface area (Å²) in [6.45, 7) is 0.224. The van der Waals surface area contributed by atoms with Crippen LogP contribution in [-0.2, 0) is 6.61 Å². The zero-order valence-electron chi connectivity index (χ0n) is 12.4. The number of hydrogen-bond donors (Lipinski definition) is 2. The van der Waals surface area contributed by atoms with Gasteiger partial charge in [-0.2, -0.15) is 4.98 Å². The third-order valence-electron chi connectivity index (χ3n) is 4.10. The summed E-state index contributed by atoms with van der Waals surface area (Å²) in [5, 5.41) is 10.0. The van der Waals surface area contributed by atoms with E-state index in [1.165, 1.54) is 6.42 Å². The number of aromatic hydroxyl groups is 1. The number of nitrogens with one attached hydrogen (secondary N) is 1. The third kappa shape index (κ3) is 3.30. The average Bonchev–Trinajstić information content (AvgIpc) is 2.56. The zero-order chi connectivity index (χ0) is 15.4. The van der Waals surface area contributed by atoms with E-state index < -0.39 is 5.56 Å². The molecule has 1 aromatic carbocycles. The molecule has 22 heavy (non-hydrogen) atoms. The highest BCUT2D eigenvalue weighted by Crippen LogP contribution is 2.31. The van der Waals surface area contributed by atoms with Crippen molar-refractivity contribution in [2.75, 3.05) is 0 Å². The number of H-pyrrole nitrogens is 1. The van der Waals surface area contributed by atoms with E-state index in [-0.39, 0.29) is 24.2 Å². The molecule has 2 N–H and O–H groups in total. The number of hydrogen-bond acceptors (Lipinski definition) is 4. The van der Waals surface area contributed by atoms with Crippen LogP contribution in [0, 0.1) is 0 Å². The number of nitrogens with zero attached hydrogens (tertiary/aromatic N) is 1. The first-order chi connectivity index (χ1) is 10.7. The minimum absolute atomic E-state index is 0.108. The molecule has 0 aliphatic heterocycles. The predicted octanol–water partition coefficient (Wildman–Crippen LogP) is 3.10. The summed E-state index contributed by atoms with van der Waals surface area (Å²) < 4.78 is 5.44. The van der Waals surface area contributed by atoms with Gasteiger partial charge in [-0.1, -0.05) is 49.6 Å². The van der Waals surface area contributed by atoms with Crippen LogP contribution in [0.25, 0.3) is 0 Å². The van der Waals surface area contributed by atoms with Crippen LogP contribution in [0.15, 0.2) is 35.1 Å². The van der Waals surface area contributed by atoms with Crippen LogP contribution >= 0.6 is 0 Å². The van der Waals surface area contributed by atoms with Crippen molar-refractivity contribution < 1.29 is 9.84 Å². The molecule has 5 heteroatoms. The molecule has 3 rings (SSSR count). The van der Waals surface area contributed by atoms with E-state index in [1.807, 2.05) is 30.3 Å². The van der Waals surface area contributed by atoms with Gasteiger partial charge in [0.15, 0.2) is 0 Å². The SMILES string of the molecule is O=c1[nH]c(C2CCCCC2)nc(O)c1OCc1ccccc1.